The molecule has 0 aliphatic heterocycles. The van der Waals surface area contributed by atoms with Gasteiger partial charge >= 0.3 is 0 Å². The van der Waals surface area contributed by atoms with Crippen LogP contribution in [-0.2, 0) is 15.2 Å². The van der Waals surface area contributed by atoms with Gasteiger partial charge in [0, 0.05) is 10.6 Å². The van der Waals surface area contributed by atoms with E-state index in [1.165, 1.54) is 16.7 Å². The molecule has 0 saturated heterocycles. The Balaban J connectivity index is 2.81. The van der Waals surface area contributed by atoms with Gasteiger partial charge < -0.3 is 9.05 Å². The van der Waals surface area contributed by atoms with Gasteiger partial charge in [-0.15, -0.1) is 0 Å². The lowest BCUT2D eigenvalue weighted by Crippen LogP contribution is -1.97. The Morgan fingerprint density at radius 3 is 2.18 bits per heavy atom. The van der Waals surface area contributed by atoms with Crippen molar-refractivity contribution in [2.75, 3.05) is 13.2 Å². The van der Waals surface area contributed by atoms with Gasteiger partial charge in [0.1, 0.15) is 0 Å². The highest BCUT2D eigenvalue weighted by molar-refractivity contribution is 9.10. The molecular formula is C13H20BrO2P. The van der Waals surface area contributed by atoms with Crippen LogP contribution in [0.3, 0.4) is 0 Å². The molecule has 0 bridgehead atoms. The second kappa shape index (κ2) is 7.48. The summed E-state index contributed by atoms with van der Waals surface area (Å²) in [5.41, 5.74) is 3.86. The molecule has 96 valence electrons. The first-order valence-corrected chi connectivity index (χ1v) is 8.03. The maximum absolute atomic E-state index is 5.64. The average molecular weight is 319 g/mol. The third-order valence-electron chi connectivity index (χ3n) is 2.46. The van der Waals surface area contributed by atoms with Gasteiger partial charge in [0.2, 0.25) is 0 Å². The molecule has 0 aliphatic rings. The van der Waals surface area contributed by atoms with Gasteiger partial charge in [0.25, 0.3) is 0 Å². The van der Waals surface area contributed by atoms with Crippen LogP contribution < -0.4 is 0 Å². The zero-order valence-electron chi connectivity index (χ0n) is 10.9. The minimum absolute atomic E-state index is 0.709. The second-order valence-corrected chi connectivity index (χ2v) is 6.21. The lowest BCUT2D eigenvalue weighted by Gasteiger charge is -2.17. The van der Waals surface area contributed by atoms with E-state index in [0.717, 1.165) is 10.6 Å². The van der Waals surface area contributed by atoms with Crippen molar-refractivity contribution in [2.24, 2.45) is 0 Å². The fourth-order valence-corrected chi connectivity index (χ4v) is 3.48. The SMILES string of the molecule is CCOP(Cc1cc(C)c(Br)cc1C)OCC. The van der Waals surface area contributed by atoms with E-state index in [4.69, 9.17) is 9.05 Å². The second-order valence-electron chi connectivity index (χ2n) is 3.85. The van der Waals surface area contributed by atoms with Gasteiger partial charge in [-0.2, -0.15) is 0 Å². The van der Waals surface area contributed by atoms with Gasteiger partial charge in [-0.05, 0) is 50.5 Å². The Morgan fingerprint density at radius 2 is 1.65 bits per heavy atom. The molecule has 17 heavy (non-hydrogen) atoms. The van der Waals surface area contributed by atoms with Crippen LogP contribution in [0.5, 0.6) is 0 Å². The topological polar surface area (TPSA) is 18.5 Å². The highest BCUT2D eigenvalue weighted by atomic mass is 79.9. The van der Waals surface area contributed by atoms with E-state index >= 15 is 0 Å². The molecule has 1 rings (SSSR count). The van der Waals surface area contributed by atoms with Crippen LogP contribution in [0.1, 0.15) is 30.5 Å². The first-order valence-electron chi connectivity index (χ1n) is 5.87. The van der Waals surface area contributed by atoms with Crippen molar-refractivity contribution in [2.45, 2.75) is 33.9 Å². The smallest absolute Gasteiger partial charge is 0.175 e. The summed E-state index contributed by atoms with van der Waals surface area (Å²) in [4.78, 5) is 0. The molecule has 0 aromatic heterocycles. The molecule has 0 saturated carbocycles. The summed E-state index contributed by atoms with van der Waals surface area (Å²) in [5, 5.41) is 0. The maximum atomic E-state index is 5.64. The van der Waals surface area contributed by atoms with Crippen LogP contribution in [0.2, 0.25) is 0 Å². The van der Waals surface area contributed by atoms with E-state index in [2.05, 4.69) is 41.9 Å². The molecule has 4 heteroatoms. The fraction of sp³-hybridized carbons (Fsp3) is 0.538. The van der Waals surface area contributed by atoms with Gasteiger partial charge in [-0.3, -0.25) is 0 Å². The molecule has 0 aliphatic carbocycles. The molecular weight excluding hydrogens is 299 g/mol. The summed E-state index contributed by atoms with van der Waals surface area (Å²) in [7, 11) is -0.791. The number of aryl methyl sites for hydroxylation is 2. The normalized spacial score (nSPS) is 11.2. The van der Waals surface area contributed by atoms with Crippen molar-refractivity contribution in [3.8, 4) is 0 Å². The highest BCUT2D eigenvalue weighted by Gasteiger charge is 2.13. The predicted molar refractivity (Wildman–Crippen MR) is 77.5 cm³/mol. The van der Waals surface area contributed by atoms with Crippen LogP contribution in [0, 0.1) is 13.8 Å². The van der Waals surface area contributed by atoms with Gasteiger partial charge in [-0.25, -0.2) is 0 Å². The lowest BCUT2D eigenvalue weighted by atomic mass is 10.1. The Hall–Kier alpha value is 0.0500. The van der Waals surface area contributed by atoms with Gasteiger partial charge in [-0.1, -0.05) is 22.0 Å². The molecule has 0 spiro atoms. The molecule has 0 N–H and O–H groups in total. The van der Waals surface area contributed by atoms with Crippen molar-refractivity contribution in [3.05, 3.63) is 33.3 Å². The van der Waals surface area contributed by atoms with Crippen LogP contribution in [0.15, 0.2) is 16.6 Å². The van der Waals surface area contributed by atoms with E-state index in [-0.39, 0.29) is 0 Å². The molecule has 0 unspecified atom stereocenters. The maximum Gasteiger partial charge on any atom is 0.175 e. The highest BCUT2D eigenvalue weighted by Crippen LogP contribution is 2.43. The lowest BCUT2D eigenvalue weighted by molar-refractivity contribution is 0.268. The summed E-state index contributed by atoms with van der Waals surface area (Å²) < 4.78 is 12.4. The van der Waals surface area contributed by atoms with Crippen molar-refractivity contribution in [1.29, 1.82) is 0 Å². The third kappa shape index (κ3) is 4.67. The first-order chi connectivity index (χ1) is 8.08. The predicted octanol–water partition coefficient (Wildman–Crippen LogP) is 4.95. The zero-order valence-corrected chi connectivity index (χ0v) is 13.4. The summed E-state index contributed by atoms with van der Waals surface area (Å²) in [6.45, 7) is 9.67. The van der Waals surface area contributed by atoms with E-state index in [9.17, 15) is 0 Å². The van der Waals surface area contributed by atoms with Crippen molar-refractivity contribution < 1.29 is 9.05 Å². The van der Waals surface area contributed by atoms with E-state index in [1.807, 2.05) is 13.8 Å². The monoisotopic (exact) mass is 318 g/mol. The molecule has 0 amide bonds. The van der Waals surface area contributed by atoms with Crippen LogP contribution in [0.4, 0.5) is 0 Å². The fourth-order valence-electron chi connectivity index (χ4n) is 1.57. The van der Waals surface area contributed by atoms with Crippen molar-refractivity contribution >= 4 is 24.3 Å². The summed E-state index contributed by atoms with van der Waals surface area (Å²) >= 11 is 3.55. The van der Waals surface area contributed by atoms with E-state index < -0.39 is 8.38 Å². The van der Waals surface area contributed by atoms with E-state index in [1.54, 1.807) is 0 Å². The first kappa shape index (κ1) is 15.1. The van der Waals surface area contributed by atoms with E-state index in [0.29, 0.717) is 13.2 Å². The minimum atomic E-state index is -0.791. The number of hydrogen-bond donors (Lipinski definition) is 0. The Labute approximate surface area is 114 Å². The number of halogens is 1. The van der Waals surface area contributed by atoms with Crippen molar-refractivity contribution in [3.63, 3.8) is 0 Å². The summed E-state index contributed by atoms with van der Waals surface area (Å²) in [5.74, 6) is 0. The molecule has 0 fully saturated rings. The number of benzene rings is 1. The standard InChI is InChI=1S/C13H20BrO2P/c1-5-15-17(16-6-2)9-12-7-11(4)13(14)8-10(12)3/h7-8H,5-6,9H2,1-4H3. The van der Waals surface area contributed by atoms with Crippen molar-refractivity contribution in [1.82, 2.24) is 0 Å². The van der Waals surface area contributed by atoms with Crippen LogP contribution in [-0.4, -0.2) is 13.2 Å². The average Bonchev–Trinajstić information content (AvgIpc) is 2.26. The Kier molecular flexibility index (Phi) is 6.65. The molecule has 0 radical (unpaired) electrons. The summed E-state index contributed by atoms with van der Waals surface area (Å²) in [6, 6.07) is 4.38. The number of hydrogen-bond acceptors (Lipinski definition) is 2. The Morgan fingerprint density at radius 1 is 1.06 bits per heavy atom. The summed E-state index contributed by atoms with van der Waals surface area (Å²) in [6.07, 6.45) is 0.872. The largest absolute Gasteiger partial charge is 0.334 e. The molecule has 1 aromatic carbocycles. The molecule has 0 heterocycles. The minimum Gasteiger partial charge on any atom is -0.334 e. The molecule has 2 nitrogen and oxygen atoms in total. The third-order valence-corrected chi connectivity index (χ3v) is 5.01. The quantitative estimate of drug-likeness (QED) is 0.691. The van der Waals surface area contributed by atoms with Gasteiger partial charge in [0.15, 0.2) is 8.38 Å². The zero-order chi connectivity index (χ0) is 12.8. The molecule has 0 atom stereocenters. The Bertz CT molecular complexity index is 363. The number of rotatable bonds is 6. The van der Waals surface area contributed by atoms with Gasteiger partial charge in [0.05, 0.1) is 13.2 Å². The molecule has 1 aromatic rings. The van der Waals surface area contributed by atoms with Crippen LogP contribution in [0.25, 0.3) is 0 Å². The van der Waals surface area contributed by atoms with Crippen LogP contribution >= 0.6 is 24.3 Å².